The van der Waals surface area contributed by atoms with E-state index in [9.17, 15) is 4.79 Å². The molecule has 1 N–H and O–H groups in total. The van der Waals surface area contributed by atoms with E-state index in [0.717, 1.165) is 35.8 Å². The zero-order valence-electron chi connectivity index (χ0n) is 13.7. The highest BCUT2D eigenvalue weighted by molar-refractivity contribution is 6.30. The molecular formula is C19H22ClN3O. The number of aromatic nitrogens is 1. The summed E-state index contributed by atoms with van der Waals surface area (Å²) in [6, 6.07) is 11.6. The van der Waals surface area contributed by atoms with Crippen molar-refractivity contribution in [2.75, 3.05) is 24.5 Å². The van der Waals surface area contributed by atoms with Crippen LogP contribution in [0.15, 0.2) is 42.6 Å². The van der Waals surface area contributed by atoms with Gasteiger partial charge in [-0.05, 0) is 55.5 Å². The lowest BCUT2D eigenvalue weighted by Gasteiger charge is -2.28. The van der Waals surface area contributed by atoms with Crippen molar-refractivity contribution in [1.29, 1.82) is 0 Å². The highest BCUT2D eigenvalue weighted by atomic mass is 35.5. The van der Waals surface area contributed by atoms with E-state index in [0.29, 0.717) is 12.2 Å². The molecule has 0 aliphatic carbocycles. The third-order valence-corrected chi connectivity index (χ3v) is 4.52. The van der Waals surface area contributed by atoms with Crippen LogP contribution in [0.3, 0.4) is 0 Å². The Morgan fingerprint density at radius 3 is 2.79 bits per heavy atom. The number of carbonyl (C=O) groups excluding carboxylic acids is 1. The van der Waals surface area contributed by atoms with Gasteiger partial charge >= 0.3 is 0 Å². The van der Waals surface area contributed by atoms with Gasteiger partial charge in [-0.15, -0.1) is 0 Å². The van der Waals surface area contributed by atoms with Gasteiger partial charge in [0.1, 0.15) is 5.69 Å². The van der Waals surface area contributed by atoms with E-state index in [4.69, 9.17) is 11.6 Å². The lowest BCUT2D eigenvalue weighted by molar-refractivity contribution is 0.0949. The minimum absolute atomic E-state index is 0.129. The number of pyridine rings is 1. The fourth-order valence-corrected chi connectivity index (χ4v) is 3.21. The molecule has 0 radical (unpaired) electrons. The number of rotatable bonds is 5. The van der Waals surface area contributed by atoms with Gasteiger partial charge in [-0.1, -0.05) is 23.7 Å². The van der Waals surface area contributed by atoms with Gasteiger partial charge in [0.05, 0.1) is 0 Å². The highest BCUT2D eigenvalue weighted by Crippen LogP contribution is 2.19. The van der Waals surface area contributed by atoms with Crippen LogP contribution in [0.4, 0.5) is 5.69 Å². The number of benzene rings is 1. The van der Waals surface area contributed by atoms with Crippen molar-refractivity contribution in [1.82, 2.24) is 10.3 Å². The minimum atomic E-state index is -0.129. The van der Waals surface area contributed by atoms with Crippen LogP contribution in [0.25, 0.3) is 0 Å². The second kappa shape index (κ2) is 8.15. The molecule has 1 aromatic carbocycles. The first-order valence-corrected chi connectivity index (χ1v) is 8.84. The molecular weight excluding hydrogens is 322 g/mol. The van der Waals surface area contributed by atoms with Crippen LogP contribution < -0.4 is 10.2 Å². The van der Waals surface area contributed by atoms with Crippen molar-refractivity contribution >= 4 is 23.2 Å². The second-order valence-electron chi connectivity index (χ2n) is 6.08. The monoisotopic (exact) mass is 343 g/mol. The number of nitrogens with zero attached hydrogens (tertiary/aromatic N) is 2. The molecule has 2 heterocycles. The minimum Gasteiger partial charge on any atom is -0.371 e. The summed E-state index contributed by atoms with van der Waals surface area (Å²) < 4.78 is 0. The first kappa shape index (κ1) is 16.8. The first-order chi connectivity index (χ1) is 11.7. The number of piperidine rings is 1. The molecule has 24 heavy (non-hydrogen) atoms. The molecule has 1 amide bonds. The summed E-state index contributed by atoms with van der Waals surface area (Å²) in [5, 5.41) is 3.65. The molecule has 0 atom stereocenters. The van der Waals surface area contributed by atoms with Crippen LogP contribution in [0.2, 0.25) is 5.02 Å². The summed E-state index contributed by atoms with van der Waals surface area (Å²) in [4.78, 5) is 18.9. The average Bonchev–Trinajstić information content (AvgIpc) is 2.62. The number of carbonyl (C=O) groups is 1. The molecule has 0 bridgehead atoms. The van der Waals surface area contributed by atoms with Gasteiger partial charge < -0.3 is 10.2 Å². The maximum atomic E-state index is 12.3. The van der Waals surface area contributed by atoms with Crippen LogP contribution in [0.5, 0.6) is 0 Å². The predicted octanol–water partition coefficient (Wildman–Crippen LogP) is 3.70. The molecule has 0 spiro atoms. The summed E-state index contributed by atoms with van der Waals surface area (Å²) in [5.74, 6) is -0.129. The third-order valence-electron chi connectivity index (χ3n) is 4.29. The van der Waals surface area contributed by atoms with Gasteiger partial charge in [0, 0.05) is 36.5 Å². The van der Waals surface area contributed by atoms with E-state index in [1.807, 2.05) is 36.4 Å². The molecule has 1 aliphatic rings. The van der Waals surface area contributed by atoms with Gasteiger partial charge in [-0.3, -0.25) is 9.78 Å². The maximum absolute atomic E-state index is 12.3. The molecule has 4 nitrogen and oxygen atoms in total. The smallest absolute Gasteiger partial charge is 0.269 e. The number of anilines is 1. The summed E-state index contributed by atoms with van der Waals surface area (Å²) in [5.41, 5.74) is 2.67. The molecule has 1 fully saturated rings. The van der Waals surface area contributed by atoms with Crippen LogP contribution in [-0.4, -0.2) is 30.5 Å². The third kappa shape index (κ3) is 4.48. The molecule has 126 valence electrons. The van der Waals surface area contributed by atoms with Crippen LogP contribution in [0, 0.1) is 0 Å². The Hall–Kier alpha value is -2.07. The molecule has 5 heteroatoms. The number of amides is 1. The van der Waals surface area contributed by atoms with Gasteiger partial charge in [-0.2, -0.15) is 0 Å². The van der Waals surface area contributed by atoms with E-state index < -0.39 is 0 Å². The van der Waals surface area contributed by atoms with Gasteiger partial charge in [0.25, 0.3) is 5.91 Å². The zero-order valence-corrected chi connectivity index (χ0v) is 14.4. The van der Waals surface area contributed by atoms with Crippen LogP contribution in [-0.2, 0) is 6.42 Å². The van der Waals surface area contributed by atoms with E-state index in [-0.39, 0.29) is 5.91 Å². The fourth-order valence-electron chi connectivity index (χ4n) is 3.00. The zero-order chi connectivity index (χ0) is 16.8. The molecule has 1 aromatic heterocycles. The first-order valence-electron chi connectivity index (χ1n) is 8.46. The van der Waals surface area contributed by atoms with E-state index >= 15 is 0 Å². The van der Waals surface area contributed by atoms with Crippen LogP contribution in [0.1, 0.15) is 35.3 Å². The van der Waals surface area contributed by atoms with Gasteiger partial charge in [0.15, 0.2) is 0 Å². The van der Waals surface area contributed by atoms with E-state index in [1.165, 1.54) is 19.3 Å². The highest BCUT2D eigenvalue weighted by Gasteiger charge is 2.13. The molecule has 0 unspecified atom stereocenters. The topological polar surface area (TPSA) is 45.2 Å². The Labute approximate surface area is 147 Å². The molecule has 1 aliphatic heterocycles. The molecule has 1 saturated heterocycles. The number of halogens is 1. The van der Waals surface area contributed by atoms with Crippen molar-refractivity contribution in [2.24, 2.45) is 0 Å². The average molecular weight is 344 g/mol. The number of hydrogen-bond donors (Lipinski definition) is 1. The van der Waals surface area contributed by atoms with Crippen molar-refractivity contribution < 1.29 is 4.79 Å². The Kier molecular flexibility index (Phi) is 5.70. The lowest BCUT2D eigenvalue weighted by Crippen LogP contribution is -2.30. The Morgan fingerprint density at radius 2 is 2.00 bits per heavy atom. The summed E-state index contributed by atoms with van der Waals surface area (Å²) in [6.45, 7) is 2.68. The Balaban J connectivity index is 1.56. The maximum Gasteiger partial charge on any atom is 0.269 e. The summed E-state index contributed by atoms with van der Waals surface area (Å²) in [6.07, 6.45) is 6.18. The number of hydrogen-bond acceptors (Lipinski definition) is 3. The summed E-state index contributed by atoms with van der Waals surface area (Å²) >= 11 is 5.97. The van der Waals surface area contributed by atoms with Crippen molar-refractivity contribution in [3.8, 4) is 0 Å². The van der Waals surface area contributed by atoms with Gasteiger partial charge in [0.2, 0.25) is 0 Å². The summed E-state index contributed by atoms with van der Waals surface area (Å²) in [7, 11) is 0. The molecule has 2 aromatic rings. The van der Waals surface area contributed by atoms with Crippen LogP contribution >= 0.6 is 11.6 Å². The molecule has 3 rings (SSSR count). The van der Waals surface area contributed by atoms with E-state index in [1.54, 1.807) is 6.20 Å². The predicted molar refractivity (Wildman–Crippen MR) is 97.8 cm³/mol. The lowest BCUT2D eigenvalue weighted by atomic mass is 10.1. The van der Waals surface area contributed by atoms with Crippen molar-refractivity contribution in [3.63, 3.8) is 0 Å². The van der Waals surface area contributed by atoms with Crippen molar-refractivity contribution in [3.05, 3.63) is 58.9 Å². The number of nitrogens with one attached hydrogen (secondary N) is 1. The van der Waals surface area contributed by atoms with E-state index in [2.05, 4.69) is 15.2 Å². The van der Waals surface area contributed by atoms with Gasteiger partial charge in [-0.25, -0.2) is 0 Å². The molecule has 0 saturated carbocycles. The largest absolute Gasteiger partial charge is 0.371 e. The fraction of sp³-hybridized carbons (Fsp3) is 0.368. The Bertz CT molecular complexity index is 699. The SMILES string of the molecule is O=C(NCCc1cccc(Cl)c1)c1cc(N2CCCCC2)ccn1. The Morgan fingerprint density at radius 1 is 1.17 bits per heavy atom. The normalized spacial score (nSPS) is 14.5. The standard InChI is InChI=1S/C19H22ClN3O/c20-16-6-4-5-15(13-16)7-9-22-19(24)18-14-17(8-10-21-18)23-11-2-1-3-12-23/h4-6,8,10,13-14H,1-3,7,9,11-12H2,(H,22,24). The quantitative estimate of drug-likeness (QED) is 0.900. The van der Waals surface area contributed by atoms with Crippen molar-refractivity contribution in [2.45, 2.75) is 25.7 Å². The second-order valence-corrected chi connectivity index (χ2v) is 6.52.